The summed E-state index contributed by atoms with van der Waals surface area (Å²) in [5.74, 6) is 0.378. The summed E-state index contributed by atoms with van der Waals surface area (Å²) in [6, 6.07) is 4.13. The van der Waals surface area contributed by atoms with Crippen molar-refractivity contribution >= 4 is 17.2 Å². The molecular weight excluding hydrogens is 288 g/mol. The highest BCUT2D eigenvalue weighted by atomic mass is 32.1. The highest BCUT2D eigenvalue weighted by molar-refractivity contribution is 7.10. The molecule has 0 radical (unpaired) electrons. The highest BCUT2D eigenvalue weighted by Gasteiger charge is 2.24. The Balaban J connectivity index is 1.88. The first-order chi connectivity index (χ1) is 10.1. The molecule has 2 unspecified atom stereocenters. The fraction of sp³-hybridized carbons (Fsp3) is 0.667. The van der Waals surface area contributed by atoms with Crippen molar-refractivity contribution in [1.29, 1.82) is 0 Å². The smallest absolute Gasteiger partial charge is 0.234 e. The zero-order chi connectivity index (χ0) is 15.2. The maximum Gasteiger partial charge on any atom is 0.234 e. The van der Waals surface area contributed by atoms with Gasteiger partial charge in [0.05, 0.1) is 31.9 Å². The van der Waals surface area contributed by atoms with Gasteiger partial charge in [-0.2, -0.15) is 0 Å². The van der Waals surface area contributed by atoms with E-state index in [0.29, 0.717) is 25.6 Å². The minimum absolute atomic E-state index is 0.00192. The Bertz CT molecular complexity index is 436. The van der Waals surface area contributed by atoms with Gasteiger partial charge in [-0.15, -0.1) is 11.3 Å². The molecule has 0 bridgehead atoms. The van der Waals surface area contributed by atoms with Gasteiger partial charge in [0, 0.05) is 18.0 Å². The van der Waals surface area contributed by atoms with E-state index in [2.05, 4.69) is 25.2 Å². The van der Waals surface area contributed by atoms with Crippen molar-refractivity contribution in [2.75, 3.05) is 32.8 Å². The molecule has 1 aliphatic heterocycles. The van der Waals surface area contributed by atoms with E-state index in [4.69, 9.17) is 9.84 Å². The van der Waals surface area contributed by atoms with E-state index in [-0.39, 0.29) is 24.7 Å². The number of amides is 1. The molecule has 5 nitrogen and oxygen atoms in total. The molecule has 0 saturated carbocycles. The zero-order valence-corrected chi connectivity index (χ0v) is 13.4. The van der Waals surface area contributed by atoms with Crippen LogP contribution in [0.3, 0.4) is 0 Å². The van der Waals surface area contributed by atoms with E-state index in [9.17, 15) is 4.79 Å². The van der Waals surface area contributed by atoms with Gasteiger partial charge in [-0.3, -0.25) is 9.69 Å². The van der Waals surface area contributed by atoms with Crippen LogP contribution in [0.2, 0.25) is 0 Å². The third kappa shape index (κ3) is 4.78. The number of hydrogen-bond donors (Lipinski definition) is 2. The molecule has 1 fully saturated rings. The molecule has 1 aromatic heterocycles. The fourth-order valence-corrected chi connectivity index (χ4v) is 3.44. The zero-order valence-electron chi connectivity index (χ0n) is 12.6. The van der Waals surface area contributed by atoms with Crippen molar-refractivity contribution in [3.63, 3.8) is 0 Å². The molecule has 1 aromatic rings. The van der Waals surface area contributed by atoms with Gasteiger partial charge in [0.25, 0.3) is 0 Å². The first kappa shape index (κ1) is 16.4. The van der Waals surface area contributed by atoms with Crippen LogP contribution in [-0.2, 0) is 9.53 Å². The average molecular weight is 312 g/mol. The predicted molar refractivity (Wildman–Crippen MR) is 83.3 cm³/mol. The van der Waals surface area contributed by atoms with Crippen molar-refractivity contribution in [3.05, 3.63) is 22.4 Å². The molecule has 1 amide bonds. The van der Waals surface area contributed by atoms with Crippen LogP contribution >= 0.6 is 11.3 Å². The number of carbonyl (C=O) groups excluding carboxylic acids is 1. The van der Waals surface area contributed by atoms with Crippen molar-refractivity contribution in [2.24, 2.45) is 5.92 Å². The maximum absolute atomic E-state index is 12.3. The molecule has 0 aromatic carbocycles. The number of nitrogens with one attached hydrogen (secondary N) is 1. The minimum atomic E-state index is -0.176. The number of rotatable bonds is 6. The number of aliphatic hydroxyl groups excluding tert-OH is 1. The molecule has 2 heterocycles. The molecule has 2 atom stereocenters. The van der Waals surface area contributed by atoms with E-state index < -0.39 is 0 Å². The fourth-order valence-electron chi connectivity index (χ4n) is 2.49. The Kier molecular flexibility index (Phi) is 6.17. The topological polar surface area (TPSA) is 61.8 Å². The van der Waals surface area contributed by atoms with Crippen LogP contribution in [-0.4, -0.2) is 54.9 Å². The monoisotopic (exact) mass is 312 g/mol. The first-order valence-electron chi connectivity index (χ1n) is 7.37. The van der Waals surface area contributed by atoms with E-state index in [1.807, 2.05) is 16.3 Å². The van der Waals surface area contributed by atoms with Gasteiger partial charge in [-0.05, 0) is 17.4 Å². The molecular formula is C15H24N2O3S. The van der Waals surface area contributed by atoms with E-state index >= 15 is 0 Å². The van der Waals surface area contributed by atoms with Crippen molar-refractivity contribution in [3.8, 4) is 0 Å². The summed E-state index contributed by atoms with van der Waals surface area (Å²) in [7, 11) is 0. The van der Waals surface area contributed by atoms with Crippen LogP contribution in [0.4, 0.5) is 0 Å². The molecule has 2 rings (SSSR count). The lowest BCUT2D eigenvalue weighted by atomic mass is 10.0. The van der Waals surface area contributed by atoms with Crippen LogP contribution in [0.15, 0.2) is 17.5 Å². The summed E-state index contributed by atoms with van der Waals surface area (Å²) in [5.41, 5.74) is 0. The SMILES string of the molecule is CC(C)C(NC(=O)CN1CCOC(CO)C1)c1cccs1. The standard InChI is InChI=1S/C15H24N2O3S/c1-11(2)15(13-4-3-7-21-13)16-14(19)9-17-5-6-20-12(8-17)10-18/h3-4,7,11-12,15,18H,5-6,8-10H2,1-2H3,(H,16,19). The lowest BCUT2D eigenvalue weighted by molar-refractivity contribution is -0.126. The third-order valence-corrected chi connectivity index (χ3v) is 4.58. The van der Waals surface area contributed by atoms with Crippen LogP contribution in [0.25, 0.3) is 0 Å². The van der Waals surface area contributed by atoms with Gasteiger partial charge in [0.1, 0.15) is 0 Å². The summed E-state index contributed by atoms with van der Waals surface area (Å²) in [6.07, 6.45) is -0.176. The lowest BCUT2D eigenvalue weighted by Gasteiger charge is -2.32. The largest absolute Gasteiger partial charge is 0.394 e. The Labute approximate surface area is 129 Å². The van der Waals surface area contributed by atoms with E-state index in [1.54, 1.807) is 11.3 Å². The summed E-state index contributed by atoms with van der Waals surface area (Å²) >= 11 is 1.67. The molecule has 0 aliphatic carbocycles. The number of aliphatic hydroxyl groups is 1. The number of nitrogens with zero attached hydrogens (tertiary/aromatic N) is 1. The van der Waals surface area contributed by atoms with E-state index in [0.717, 1.165) is 6.54 Å². The third-order valence-electron chi connectivity index (χ3n) is 3.63. The van der Waals surface area contributed by atoms with Crippen LogP contribution in [0.1, 0.15) is 24.8 Å². The molecule has 118 valence electrons. The lowest BCUT2D eigenvalue weighted by Crippen LogP contribution is -2.48. The Hall–Kier alpha value is -0.950. The van der Waals surface area contributed by atoms with Gasteiger partial charge in [0.15, 0.2) is 0 Å². The molecule has 6 heteroatoms. The second-order valence-corrected chi connectivity index (χ2v) is 6.69. The molecule has 21 heavy (non-hydrogen) atoms. The first-order valence-corrected chi connectivity index (χ1v) is 8.25. The second kappa shape index (κ2) is 7.89. The maximum atomic E-state index is 12.3. The number of carbonyl (C=O) groups is 1. The van der Waals surface area contributed by atoms with Gasteiger partial charge >= 0.3 is 0 Å². The van der Waals surface area contributed by atoms with Crippen LogP contribution < -0.4 is 5.32 Å². The van der Waals surface area contributed by atoms with Crippen molar-refractivity contribution in [1.82, 2.24) is 10.2 Å². The normalized spacial score (nSPS) is 21.4. The quantitative estimate of drug-likeness (QED) is 0.830. The van der Waals surface area contributed by atoms with Crippen LogP contribution in [0, 0.1) is 5.92 Å². The molecule has 2 N–H and O–H groups in total. The summed E-state index contributed by atoms with van der Waals surface area (Å²) in [6.45, 7) is 6.49. The summed E-state index contributed by atoms with van der Waals surface area (Å²) in [4.78, 5) is 15.5. The number of hydrogen-bond acceptors (Lipinski definition) is 5. The summed E-state index contributed by atoms with van der Waals surface area (Å²) < 4.78 is 5.40. The number of ether oxygens (including phenoxy) is 1. The van der Waals surface area contributed by atoms with Gasteiger partial charge in [-0.25, -0.2) is 0 Å². The molecule has 1 aliphatic rings. The Morgan fingerprint density at radius 1 is 1.62 bits per heavy atom. The minimum Gasteiger partial charge on any atom is -0.394 e. The predicted octanol–water partition coefficient (Wildman–Crippen LogP) is 1.25. The second-order valence-electron chi connectivity index (χ2n) is 5.72. The van der Waals surface area contributed by atoms with Crippen LogP contribution in [0.5, 0.6) is 0 Å². The van der Waals surface area contributed by atoms with E-state index in [1.165, 1.54) is 4.88 Å². The van der Waals surface area contributed by atoms with Gasteiger partial charge in [-0.1, -0.05) is 19.9 Å². The molecule has 1 saturated heterocycles. The number of thiophene rings is 1. The highest BCUT2D eigenvalue weighted by Crippen LogP contribution is 2.25. The van der Waals surface area contributed by atoms with Gasteiger partial charge < -0.3 is 15.2 Å². The Morgan fingerprint density at radius 2 is 2.43 bits per heavy atom. The number of morpholine rings is 1. The average Bonchev–Trinajstić information content (AvgIpc) is 2.98. The molecule has 0 spiro atoms. The summed E-state index contributed by atoms with van der Waals surface area (Å²) in [5, 5.41) is 14.3. The van der Waals surface area contributed by atoms with Crippen molar-refractivity contribution < 1.29 is 14.6 Å². The van der Waals surface area contributed by atoms with Gasteiger partial charge in [0.2, 0.25) is 5.91 Å². The van der Waals surface area contributed by atoms with Crippen molar-refractivity contribution in [2.45, 2.75) is 26.0 Å². The Morgan fingerprint density at radius 3 is 3.05 bits per heavy atom.